The third-order valence-electron chi connectivity index (χ3n) is 1.83. The summed E-state index contributed by atoms with van der Waals surface area (Å²) in [6, 6.07) is 13.0. The second kappa shape index (κ2) is 6.48. The second-order valence-electron chi connectivity index (χ2n) is 2.97. The average molecular weight is 445 g/mol. The number of rotatable bonds is 2. The smallest absolute Gasteiger partial charge is 0.207 e. The molecule has 0 aliphatic carbocycles. The van der Waals surface area contributed by atoms with Crippen LogP contribution in [-0.2, 0) is 0 Å². The SMILES string of the molecule is Fc1ccc([I+]c2ccc(F)cc2)cc1.I. The molecule has 0 atom stereocenters. The zero-order chi connectivity index (χ0) is 10.7. The van der Waals surface area contributed by atoms with E-state index >= 15 is 0 Å². The third kappa shape index (κ3) is 3.97. The highest BCUT2D eigenvalue weighted by atomic mass is 127. The predicted octanol–water partition coefficient (Wildman–Crippen LogP) is 0.711. The summed E-state index contributed by atoms with van der Waals surface area (Å²) in [5.41, 5.74) is 0. The maximum atomic E-state index is 12.6. The summed E-state index contributed by atoms with van der Waals surface area (Å²) in [6.07, 6.45) is 0. The summed E-state index contributed by atoms with van der Waals surface area (Å²) in [6.45, 7) is 0. The van der Waals surface area contributed by atoms with E-state index in [0.717, 1.165) is 7.14 Å². The monoisotopic (exact) mass is 445 g/mol. The number of halogens is 4. The molecule has 0 bridgehead atoms. The summed E-state index contributed by atoms with van der Waals surface area (Å²) < 4.78 is 27.5. The van der Waals surface area contributed by atoms with Gasteiger partial charge in [0.25, 0.3) is 0 Å². The largest absolute Gasteiger partial charge is 0.357 e. The van der Waals surface area contributed by atoms with Gasteiger partial charge in [0.05, 0.1) is 0 Å². The Morgan fingerprint density at radius 2 is 0.938 bits per heavy atom. The molecule has 0 saturated carbocycles. The molecule has 0 nitrogen and oxygen atoms in total. The fourth-order valence-electron chi connectivity index (χ4n) is 1.11. The maximum Gasteiger partial charge on any atom is 0.357 e. The molecule has 0 fully saturated rings. The van der Waals surface area contributed by atoms with E-state index in [0.29, 0.717) is 0 Å². The zero-order valence-corrected chi connectivity index (χ0v) is 12.6. The molecule has 0 amide bonds. The molecule has 0 saturated heterocycles. The van der Waals surface area contributed by atoms with Crippen LogP contribution in [0.3, 0.4) is 0 Å². The normalized spacial score (nSPS) is 9.62. The average Bonchev–Trinajstić information content (AvgIpc) is 2.25. The first-order valence-electron chi connectivity index (χ1n) is 4.40. The van der Waals surface area contributed by atoms with Gasteiger partial charge in [0.1, 0.15) is 11.6 Å². The molecule has 0 aromatic heterocycles. The number of benzene rings is 2. The van der Waals surface area contributed by atoms with Crippen molar-refractivity contribution in [2.24, 2.45) is 0 Å². The highest BCUT2D eigenvalue weighted by Gasteiger charge is 2.14. The van der Waals surface area contributed by atoms with Gasteiger partial charge in [-0.05, 0) is 48.5 Å². The number of hydrogen-bond acceptors (Lipinski definition) is 0. The lowest BCUT2D eigenvalue weighted by atomic mass is 10.4. The molecule has 2 aromatic rings. The van der Waals surface area contributed by atoms with Gasteiger partial charge in [0, 0.05) is 0 Å². The Morgan fingerprint density at radius 3 is 1.25 bits per heavy atom. The molecule has 0 radical (unpaired) electrons. The van der Waals surface area contributed by atoms with Crippen LogP contribution >= 0.6 is 24.0 Å². The first kappa shape index (κ1) is 13.8. The van der Waals surface area contributed by atoms with Crippen LogP contribution in [0.2, 0.25) is 0 Å². The van der Waals surface area contributed by atoms with Crippen LogP contribution in [0.5, 0.6) is 0 Å². The van der Waals surface area contributed by atoms with Crippen molar-refractivity contribution in [3.05, 3.63) is 67.3 Å². The van der Waals surface area contributed by atoms with Crippen molar-refractivity contribution >= 4 is 24.0 Å². The molecule has 0 spiro atoms. The molecule has 2 aromatic carbocycles. The molecule has 2 rings (SSSR count). The lowest BCUT2D eigenvalue weighted by molar-refractivity contribution is -0.597. The Kier molecular flexibility index (Phi) is 5.60. The molecule has 0 heterocycles. The molecule has 0 N–H and O–H groups in total. The summed E-state index contributed by atoms with van der Waals surface area (Å²) >= 11 is -0.330. The minimum Gasteiger partial charge on any atom is -0.207 e. The molecule has 84 valence electrons. The van der Waals surface area contributed by atoms with Gasteiger partial charge < -0.3 is 0 Å². The quantitative estimate of drug-likeness (QED) is 0.599. The van der Waals surface area contributed by atoms with Gasteiger partial charge in [-0.2, -0.15) is 0 Å². The topological polar surface area (TPSA) is 0 Å². The van der Waals surface area contributed by atoms with E-state index in [4.69, 9.17) is 0 Å². The van der Waals surface area contributed by atoms with Crippen molar-refractivity contribution in [2.45, 2.75) is 0 Å². The second-order valence-corrected chi connectivity index (χ2v) is 6.00. The van der Waals surface area contributed by atoms with Crippen molar-refractivity contribution in [3.8, 4) is 0 Å². The summed E-state index contributed by atoms with van der Waals surface area (Å²) in [4.78, 5) is 0. The standard InChI is InChI=1S/C12H8F2I.HI/c13-9-1-5-11(6-2-9)15-12-7-3-10(14)4-8-12;/h1-8H;1H/q+1;. The van der Waals surface area contributed by atoms with Crippen molar-refractivity contribution in [2.75, 3.05) is 0 Å². The number of hydrogen-bond donors (Lipinski definition) is 0. The van der Waals surface area contributed by atoms with E-state index in [-0.39, 0.29) is 56.8 Å². The highest BCUT2D eigenvalue weighted by Crippen LogP contribution is 1.95. The van der Waals surface area contributed by atoms with Crippen LogP contribution in [0, 0.1) is 18.8 Å². The van der Waals surface area contributed by atoms with Crippen molar-refractivity contribution in [1.29, 1.82) is 0 Å². The van der Waals surface area contributed by atoms with Crippen LogP contribution in [0.4, 0.5) is 8.78 Å². The third-order valence-corrected chi connectivity index (χ3v) is 4.51. The molecule has 16 heavy (non-hydrogen) atoms. The summed E-state index contributed by atoms with van der Waals surface area (Å²) in [5.74, 6) is -0.441. The van der Waals surface area contributed by atoms with E-state index < -0.39 is 0 Å². The lowest BCUT2D eigenvalue weighted by Gasteiger charge is -1.88. The van der Waals surface area contributed by atoms with Gasteiger partial charge in [-0.3, -0.25) is 0 Å². The van der Waals surface area contributed by atoms with Gasteiger partial charge in [-0.15, -0.1) is 24.0 Å². The van der Waals surface area contributed by atoms with Gasteiger partial charge in [-0.1, -0.05) is 0 Å². The lowest BCUT2D eigenvalue weighted by Crippen LogP contribution is -3.61. The predicted molar refractivity (Wildman–Crippen MR) is 65.6 cm³/mol. The van der Waals surface area contributed by atoms with E-state index in [9.17, 15) is 8.78 Å². The minimum absolute atomic E-state index is 0. The molecule has 0 aliphatic rings. The van der Waals surface area contributed by atoms with Crippen LogP contribution in [0.1, 0.15) is 0 Å². The summed E-state index contributed by atoms with van der Waals surface area (Å²) in [5, 5.41) is 0. The van der Waals surface area contributed by atoms with Gasteiger partial charge >= 0.3 is 21.2 Å². The Hall–Kier alpha value is -0.240. The van der Waals surface area contributed by atoms with Crippen molar-refractivity contribution < 1.29 is 30.0 Å². The Bertz CT molecular complexity index is 394. The fraction of sp³-hybridized carbons (Fsp3) is 0. The zero-order valence-electron chi connectivity index (χ0n) is 8.16. The van der Waals surface area contributed by atoms with Crippen LogP contribution in [0.15, 0.2) is 48.5 Å². The van der Waals surface area contributed by atoms with E-state index in [2.05, 4.69) is 0 Å². The van der Waals surface area contributed by atoms with Crippen molar-refractivity contribution in [3.63, 3.8) is 0 Å². The van der Waals surface area contributed by atoms with Crippen LogP contribution < -0.4 is 21.2 Å². The first-order valence-corrected chi connectivity index (χ1v) is 6.56. The van der Waals surface area contributed by atoms with Crippen LogP contribution in [-0.4, -0.2) is 0 Å². The summed E-state index contributed by atoms with van der Waals surface area (Å²) in [7, 11) is 0. The molecule has 4 heteroatoms. The Balaban J connectivity index is 0.00000128. The molecule has 0 unspecified atom stereocenters. The van der Waals surface area contributed by atoms with Gasteiger partial charge in [-0.25, -0.2) is 8.78 Å². The van der Waals surface area contributed by atoms with Crippen molar-refractivity contribution in [1.82, 2.24) is 0 Å². The van der Waals surface area contributed by atoms with E-state index in [1.165, 1.54) is 24.3 Å². The van der Waals surface area contributed by atoms with E-state index in [1.54, 1.807) is 24.3 Å². The molecule has 0 aliphatic heterocycles. The fourth-order valence-corrected chi connectivity index (χ4v) is 3.27. The van der Waals surface area contributed by atoms with Gasteiger partial charge in [0.15, 0.2) is 7.14 Å². The molecular formula is C12H9F2I2+. The first-order chi connectivity index (χ1) is 7.24. The van der Waals surface area contributed by atoms with E-state index in [1.807, 2.05) is 0 Å². The van der Waals surface area contributed by atoms with Gasteiger partial charge in [0.2, 0.25) is 0 Å². The van der Waals surface area contributed by atoms with Crippen LogP contribution in [0.25, 0.3) is 0 Å². The Labute approximate surface area is 120 Å². The Morgan fingerprint density at radius 1 is 0.625 bits per heavy atom. The molecular weight excluding hydrogens is 436 g/mol. The highest BCUT2D eigenvalue weighted by molar-refractivity contribution is 14.0. The minimum atomic E-state index is -0.330. The maximum absolute atomic E-state index is 12.6.